The Morgan fingerprint density at radius 3 is 2.47 bits per heavy atom. The van der Waals surface area contributed by atoms with Crippen LogP contribution >= 0.6 is 0 Å². The van der Waals surface area contributed by atoms with Crippen LogP contribution in [0.25, 0.3) is 0 Å². The lowest BCUT2D eigenvalue weighted by Crippen LogP contribution is -2.44. The highest BCUT2D eigenvalue weighted by Gasteiger charge is 2.21. The van der Waals surface area contributed by atoms with E-state index >= 15 is 0 Å². The van der Waals surface area contributed by atoms with E-state index in [2.05, 4.69) is 65.6 Å². The molecule has 6 nitrogen and oxygen atoms in total. The Balaban J connectivity index is 1.49. The van der Waals surface area contributed by atoms with Gasteiger partial charge in [-0.05, 0) is 44.0 Å². The Morgan fingerprint density at radius 1 is 1.07 bits per heavy atom. The molecule has 2 atom stereocenters. The zero-order valence-corrected chi connectivity index (χ0v) is 18.5. The summed E-state index contributed by atoms with van der Waals surface area (Å²) in [6, 6.07) is 14.8. The number of benzene rings is 1. The molecule has 0 saturated carbocycles. The third-order valence-electron chi connectivity index (χ3n) is 5.09. The van der Waals surface area contributed by atoms with Crippen LogP contribution in [0.5, 0.6) is 0 Å². The van der Waals surface area contributed by atoms with E-state index < -0.39 is 0 Å². The van der Waals surface area contributed by atoms with Crippen molar-refractivity contribution in [2.24, 2.45) is 4.99 Å². The Morgan fingerprint density at radius 2 is 1.80 bits per heavy atom. The van der Waals surface area contributed by atoms with E-state index in [0.717, 1.165) is 50.8 Å². The number of aliphatic imine (C=N–C) groups is 1. The molecule has 2 aromatic rings. The zero-order chi connectivity index (χ0) is 21.2. The fourth-order valence-electron chi connectivity index (χ4n) is 3.79. The minimum atomic E-state index is 0.303. The number of aromatic nitrogens is 1. The van der Waals surface area contributed by atoms with Crippen molar-refractivity contribution in [2.45, 2.75) is 52.5 Å². The number of nitrogens with zero attached hydrogens (tertiary/aromatic N) is 3. The quantitative estimate of drug-likeness (QED) is 0.518. The van der Waals surface area contributed by atoms with Gasteiger partial charge >= 0.3 is 0 Å². The maximum absolute atomic E-state index is 5.83. The fourth-order valence-corrected chi connectivity index (χ4v) is 3.79. The largest absolute Gasteiger partial charge is 0.373 e. The molecule has 1 aliphatic rings. The van der Waals surface area contributed by atoms with E-state index in [1.165, 1.54) is 11.1 Å². The summed E-state index contributed by atoms with van der Waals surface area (Å²) in [6.07, 6.45) is 3.31. The molecule has 0 radical (unpaired) electrons. The standard InChI is InChI=1S/C24H35N5O/c1-4-25-24(27-14-12-23-7-5-6-13-26-23)28-15-21-8-10-22(11-9-21)18-29-16-19(2)30-20(3)17-29/h5-11,13,19-20H,4,12,14-18H2,1-3H3,(H2,25,27,28). The van der Waals surface area contributed by atoms with Gasteiger partial charge in [-0.25, -0.2) is 4.99 Å². The normalized spacial score (nSPS) is 20.2. The highest BCUT2D eigenvalue weighted by atomic mass is 16.5. The number of hydrogen-bond donors (Lipinski definition) is 2. The minimum Gasteiger partial charge on any atom is -0.373 e. The Labute approximate surface area is 180 Å². The molecule has 1 aliphatic heterocycles. The van der Waals surface area contributed by atoms with Crippen molar-refractivity contribution in [2.75, 3.05) is 26.2 Å². The molecule has 2 heterocycles. The first-order valence-electron chi connectivity index (χ1n) is 11.0. The van der Waals surface area contributed by atoms with Gasteiger partial charge in [0.15, 0.2) is 5.96 Å². The van der Waals surface area contributed by atoms with Crippen molar-refractivity contribution in [1.82, 2.24) is 20.5 Å². The summed E-state index contributed by atoms with van der Waals surface area (Å²) in [5.74, 6) is 0.841. The maximum atomic E-state index is 5.83. The fraction of sp³-hybridized carbons (Fsp3) is 0.500. The number of guanidine groups is 1. The lowest BCUT2D eigenvalue weighted by molar-refractivity contribution is -0.0704. The average molecular weight is 410 g/mol. The van der Waals surface area contributed by atoms with Crippen molar-refractivity contribution in [3.05, 3.63) is 65.5 Å². The summed E-state index contributed by atoms with van der Waals surface area (Å²) in [5.41, 5.74) is 3.63. The minimum absolute atomic E-state index is 0.303. The molecule has 0 aliphatic carbocycles. The predicted octanol–water partition coefficient (Wildman–Crippen LogP) is 2.99. The topological polar surface area (TPSA) is 61.8 Å². The second kappa shape index (κ2) is 11.7. The molecule has 0 bridgehead atoms. The van der Waals surface area contributed by atoms with Crippen LogP contribution < -0.4 is 10.6 Å². The molecule has 2 unspecified atom stereocenters. The molecule has 1 fully saturated rings. The monoisotopic (exact) mass is 409 g/mol. The molecule has 3 rings (SSSR count). The summed E-state index contributed by atoms with van der Waals surface area (Å²) in [6.45, 7) is 11.6. The number of morpholine rings is 1. The summed E-state index contributed by atoms with van der Waals surface area (Å²) in [7, 11) is 0. The van der Waals surface area contributed by atoms with Crippen LogP contribution in [-0.2, 0) is 24.2 Å². The van der Waals surface area contributed by atoms with Crippen molar-refractivity contribution in [3.63, 3.8) is 0 Å². The van der Waals surface area contributed by atoms with Gasteiger partial charge in [0.1, 0.15) is 0 Å². The third-order valence-corrected chi connectivity index (χ3v) is 5.09. The van der Waals surface area contributed by atoms with E-state index in [1.807, 2.05) is 24.4 Å². The molecule has 6 heteroatoms. The average Bonchev–Trinajstić information content (AvgIpc) is 2.73. The van der Waals surface area contributed by atoms with Gasteiger partial charge in [-0.3, -0.25) is 9.88 Å². The Hall–Kier alpha value is -2.44. The third kappa shape index (κ3) is 7.43. The van der Waals surface area contributed by atoms with Crippen molar-refractivity contribution >= 4 is 5.96 Å². The summed E-state index contributed by atoms with van der Waals surface area (Å²) >= 11 is 0. The highest BCUT2D eigenvalue weighted by molar-refractivity contribution is 5.79. The molecule has 1 saturated heterocycles. The van der Waals surface area contributed by atoms with E-state index in [0.29, 0.717) is 18.8 Å². The van der Waals surface area contributed by atoms with Crippen LogP contribution in [-0.4, -0.2) is 54.2 Å². The first kappa shape index (κ1) is 22.2. The van der Waals surface area contributed by atoms with Gasteiger partial charge in [0.05, 0.1) is 18.8 Å². The van der Waals surface area contributed by atoms with Gasteiger partial charge in [-0.1, -0.05) is 30.3 Å². The summed E-state index contributed by atoms with van der Waals surface area (Å²) < 4.78 is 5.83. The van der Waals surface area contributed by atoms with Crippen LogP contribution in [0.4, 0.5) is 0 Å². The lowest BCUT2D eigenvalue weighted by atomic mass is 10.1. The summed E-state index contributed by atoms with van der Waals surface area (Å²) in [5, 5.41) is 6.71. The van der Waals surface area contributed by atoms with Gasteiger partial charge in [-0.2, -0.15) is 0 Å². The molecule has 162 valence electrons. The number of nitrogens with one attached hydrogen (secondary N) is 2. The van der Waals surface area contributed by atoms with Gasteiger partial charge in [0.25, 0.3) is 0 Å². The maximum Gasteiger partial charge on any atom is 0.191 e. The van der Waals surface area contributed by atoms with E-state index in [-0.39, 0.29) is 0 Å². The molecule has 1 aromatic heterocycles. The number of ether oxygens (including phenoxy) is 1. The Kier molecular flexibility index (Phi) is 8.66. The van der Waals surface area contributed by atoms with Crippen molar-refractivity contribution < 1.29 is 4.74 Å². The SMILES string of the molecule is CCNC(=NCc1ccc(CN2CC(C)OC(C)C2)cc1)NCCc1ccccn1. The van der Waals surface area contributed by atoms with Gasteiger partial charge in [0, 0.05) is 51.0 Å². The smallest absolute Gasteiger partial charge is 0.191 e. The second-order valence-electron chi connectivity index (χ2n) is 7.96. The van der Waals surface area contributed by atoms with Gasteiger partial charge < -0.3 is 15.4 Å². The van der Waals surface area contributed by atoms with Crippen molar-refractivity contribution in [1.29, 1.82) is 0 Å². The van der Waals surface area contributed by atoms with Crippen LogP contribution in [0, 0.1) is 0 Å². The highest BCUT2D eigenvalue weighted by Crippen LogP contribution is 2.15. The first-order valence-corrected chi connectivity index (χ1v) is 11.0. The summed E-state index contributed by atoms with van der Waals surface area (Å²) in [4.78, 5) is 11.6. The van der Waals surface area contributed by atoms with E-state index in [9.17, 15) is 0 Å². The van der Waals surface area contributed by atoms with Crippen LogP contribution in [0.2, 0.25) is 0 Å². The zero-order valence-electron chi connectivity index (χ0n) is 18.5. The molecule has 0 spiro atoms. The molecular weight excluding hydrogens is 374 g/mol. The van der Waals surface area contributed by atoms with Crippen LogP contribution in [0.3, 0.4) is 0 Å². The molecule has 2 N–H and O–H groups in total. The second-order valence-corrected chi connectivity index (χ2v) is 7.96. The van der Waals surface area contributed by atoms with E-state index in [1.54, 1.807) is 0 Å². The number of pyridine rings is 1. The first-order chi connectivity index (χ1) is 14.6. The van der Waals surface area contributed by atoms with Gasteiger partial charge in [0.2, 0.25) is 0 Å². The molecule has 1 aromatic carbocycles. The van der Waals surface area contributed by atoms with E-state index in [4.69, 9.17) is 9.73 Å². The molecule has 30 heavy (non-hydrogen) atoms. The molecular formula is C24H35N5O. The molecule has 0 amide bonds. The van der Waals surface area contributed by atoms with Crippen LogP contribution in [0.1, 0.15) is 37.6 Å². The predicted molar refractivity (Wildman–Crippen MR) is 122 cm³/mol. The van der Waals surface area contributed by atoms with Crippen molar-refractivity contribution in [3.8, 4) is 0 Å². The number of hydrogen-bond acceptors (Lipinski definition) is 4. The lowest BCUT2D eigenvalue weighted by Gasteiger charge is -2.35. The Bertz CT molecular complexity index is 768. The number of rotatable bonds is 8. The van der Waals surface area contributed by atoms with Gasteiger partial charge in [-0.15, -0.1) is 0 Å². The van der Waals surface area contributed by atoms with Crippen LogP contribution in [0.15, 0.2) is 53.7 Å².